The molecule has 0 aliphatic heterocycles. The highest BCUT2D eigenvalue weighted by Crippen LogP contribution is 2.34. The molecule has 2 aromatic rings. The van der Waals surface area contributed by atoms with Crippen molar-refractivity contribution in [1.29, 1.82) is 0 Å². The van der Waals surface area contributed by atoms with Gasteiger partial charge in [-0.1, -0.05) is 18.2 Å². The number of phenolic OH excluding ortho intramolecular Hbond substituents is 1. The number of aromatic carboxylic acids is 1. The van der Waals surface area contributed by atoms with Crippen LogP contribution in [0.3, 0.4) is 0 Å². The molecule has 18 heavy (non-hydrogen) atoms. The molecule has 0 amide bonds. The number of hydrogen-bond acceptors (Lipinski definition) is 3. The summed E-state index contributed by atoms with van der Waals surface area (Å²) in [4.78, 5) is 11.2. The van der Waals surface area contributed by atoms with Crippen molar-refractivity contribution < 1.29 is 19.7 Å². The van der Waals surface area contributed by atoms with E-state index in [9.17, 15) is 9.90 Å². The van der Waals surface area contributed by atoms with Crippen LogP contribution in [-0.2, 0) is 0 Å². The first-order chi connectivity index (χ1) is 8.63. The maximum Gasteiger partial charge on any atom is 0.336 e. The molecule has 0 saturated carbocycles. The Kier molecular flexibility index (Phi) is 3.19. The fourth-order valence-electron chi connectivity index (χ4n) is 1.81. The standard InChI is InChI=1S/C14H12O4/c1-18-13-5-3-2-4-10(13)12-8-9(15)6-7-11(12)14(16)17/h2-8,15H,1H3,(H,16,17). The van der Waals surface area contributed by atoms with E-state index < -0.39 is 5.97 Å². The van der Waals surface area contributed by atoms with Gasteiger partial charge in [-0.15, -0.1) is 0 Å². The summed E-state index contributed by atoms with van der Waals surface area (Å²) in [5, 5.41) is 18.7. The van der Waals surface area contributed by atoms with Crippen LogP contribution < -0.4 is 4.74 Å². The van der Waals surface area contributed by atoms with E-state index >= 15 is 0 Å². The maximum atomic E-state index is 11.2. The first kappa shape index (κ1) is 12.0. The molecule has 0 aliphatic rings. The van der Waals surface area contributed by atoms with Gasteiger partial charge in [-0.25, -0.2) is 4.79 Å². The molecule has 2 N–H and O–H groups in total. The van der Waals surface area contributed by atoms with Crippen molar-refractivity contribution >= 4 is 5.97 Å². The van der Waals surface area contributed by atoms with Gasteiger partial charge in [-0.2, -0.15) is 0 Å². The summed E-state index contributed by atoms with van der Waals surface area (Å²) in [6.45, 7) is 0. The molecule has 2 rings (SSSR count). The Hall–Kier alpha value is -2.49. The number of phenols is 1. The number of methoxy groups -OCH3 is 1. The average Bonchev–Trinajstić information content (AvgIpc) is 2.38. The lowest BCUT2D eigenvalue weighted by molar-refractivity contribution is 0.0697. The fourth-order valence-corrected chi connectivity index (χ4v) is 1.81. The van der Waals surface area contributed by atoms with Crippen LogP contribution in [0.15, 0.2) is 42.5 Å². The second-order valence-corrected chi connectivity index (χ2v) is 3.74. The summed E-state index contributed by atoms with van der Waals surface area (Å²) in [5.41, 5.74) is 1.19. The quantitative estimate of drug-likeness (QED) is 0.871. The number of carboxylic acids is 1. The third-order valence-corrected chi connectivity index (χ3v) is 2.63. The number of benzene rings is 2. The Morgan fingerprint density at radius 2 is 1.83 bits per heavy atom. The summed E-state index contributed by atoms with van der Waals surface area (Å²) in [5.74, 6) is -0.470. The van der Waals surface area contributed by atoms with Crippen molar-refractivity contribution in [3.63, 3.8) is 0 Å². The van der Waals surface area contributed by atoms with Gasteiger partial charge >= 0.3 is 5.97 Å². The molecule has 4 heteroatoms. The normalized spacial score (nSPS) is 10.1. The summed E-state index contributed by atoms with van der Waals surface area (Å²) in [6.07, 6.45) is 0. The van der Waals surface area contributed by atoms with Gasteiger partial charge in [-0.3, -0.25) is 0 Å². The van der Waals surface area contributed by atoms with Crippen LogP contribution in [0, 0.1) is 0 Å². The van der Waals surface area contributed by atoms with E-state index in [0.29, 0.717) is 16.9 Å². The van der Waals surface area contributed by atoms with Gasteiger partial charge in [0, 0.05) is 11.1 Å². The number of hydrogen-bond donors (Lipinski definition) is 2. The maximum absolute atomic E-state index is 11.2. The Bertz CT molecular complexity index is 590. The summed E-state index contributed by atoms with van der Waals surface area (Å²) < 4.78 is 5.20. The van der Waals surface area contributed by atoms with Gasteiger partial charge < -0.3 is 14.9 Å². The molecule has 0 atom stereocenters. The number of carboxylic acid groups (broad SMARTS) is 1. The molecule has 0 unspecified atom stereocenters. The highest BCUT2D eigenvalue weighted by Gasteiger charge is 2.15. The largest absolute Gasteiger partial charge is 0.508 e. The number of para-hydroxylation sites is 1. The van der Waals surface area contributed by atoms with Crippen LogP contribution in [0.25, 0.3) is 11.1 Å². The van der Waals surface area contributed by atoms with E-state index in [2.05, 4.69) is 0 Å². The van der Waals surface area contributed by atoms with E-state index in [4.69, 9.17) is 9.84 Å². The van der Waals surface area contributed by atoms with E-state index in [1.165, 1.54) is 25.3 Å². The van der Waals surface area contributed by atoms with Crippen LogP contribution in [-0.4, -0.2) is 23.3 Å². The third kappa shape index (κ3) is 2.13. The SMILES string of the molecule is COc1ccccc1-c1cc(O)ccc1C(=O)O. The molecular formula is C14H12O4. The molecule has 0 aliphatic carbocycles. The monoisotopic (exact) mass is 244 g/mol. The van der Waals surface area contributed by atoms with Crippen LogP contribution in [0.5, 0.6) is 11.5 Å². The minimum absolute atomic E-state index is 0.0147. The van der Waals surface area contributed by atoms with Crippen LogP contribution >= 0.6 is 0 Å². The zero-order chi connectivity index (χ0) is 13.1. The average molecular weight is 244 g/mol. The Morgan fingerprint density at radius 3 is 2.50 bits per heavy atom. The molecule has 0 spiro atoms. The van der Waals surface area contributed by atoms with Crippen molar-refractivity contribution in [2.45, 2.75) is 0 Å². The molecule has 0 saturated heterocycles. The topological polar surface area (TPSA) is 66.8 Å². The second-order valence-electron chi connectivity index (χ2n) is 3.74. The van der Waals surface area contributed by atoms with Crippen LogP contribution in [0.2, 0.25) is 0 Å². The van der Waals surface area contributed by atoms with Gasteiger partial charge in [0.05, 0.1) is 12.7 Å². The highest BCUT2D eigenvalue weighted by molar-refractivity contribution is 5.97. The first-order valence-electron chi connectivity index (χ1n) is 5.33. The molecule has 92 valence electrons. The van der Waals surface area contributed by atoms with E-state index in [-0.39, 0.29) is 11.3 Å². The summed E-state index contributed by atoms with van der Waals surface area (Å²) in [6, 6.07) is 11.2. The second kappa shape index (κ2) is 4.79. The molecule has 0 aromatic heterocycles. The third-order valence-electron chi connectivity index (χ3n) is 2.63. The minimum Gasteiger partial charge on any atom is -0.508 e. The summed E-state index contributed by atoms with van der Waals surface area (Å²) >= 11 is 0. The van der Waals surface area contributed by atoms with E-state index in [1.54, 1.807) is 24.3 Å². The molecule has 0 bridgehead atoms. The molecule has 0 radical (unpaired) electrons. The van der Waals surface area contributed by atoms with Crippen molar-refractivity contribution in [1.82, 2.24) is 0 Å². The number of carbonyl (C=O) groups is 1. The Labute approximate surface area is 104 Å². The lowest BCUT2D eigenvalue weighted by atomic mass is 9.98. The first-order valence-corrected chi connectivity index (χ1v) is 5.33. The molecule has 0 fully saturated rings. The van der Waals surface area contributed by atoms with E-state index in [1.807, 2.05) is 0 Å². The molecule has 0 heterocycles. The van der Waals surface area contributed by atoms with Gasteiger partial charge in [0.1, 0.15) is 11.5 Å². The van der Waals surface area contributed by atoms with Gasteiger partial charge in [-0.05, 0) is 24.3 Å². The number of aromatic hydroxyl groups is 1. The number of rotatable bonds is 3. The van der Waals surface area contributed by atoms with Crippen molar-refractivity contribution in [2.75, 3.05) is 7.11 Å². The Balaban J connectivity index is 2.69. The number of ether oxygens (including phenoxy) is 1. The van der Waals surface area contributed by atoms with Crippen molar-refractivity contribution in [2.24, 2.45) is 0 Å². The lowest BCUT2D eigenvalue weighted by Crippen LogP contribution is -2.00. The minimum atomic E-state index is -1.05. The van der Waals surface area contributed by atoms with E-state index in [0.717, 1.165) is 0 Å². The van der Waals surface area contributed by atoms with Crippen LogP contribution in [0.1, 0.15) is 10.4 Å². The van der Waals surface area contributed by atoms with Gasteiger partial charge in [0.25, 0.3) is 0 Å². The molecule has 4 nitrogen and oxygen atoms in total. The lowest BCUT2D eigenvalue weighted by Gasteiger charge is -2.11. The van der Waals surface area contributed by atoms with Crippen molar-refractivity contribution in [3.05, 3.63) is 48.0 Å². The smallest absolute Gasteiger partial charge is 0.336 e. The summed E-state index contributed by atoms with van der Waals surface area (Å²) in [7, 11) is 1.52. The fraction of sp³-hybridized carbons (Fsp3) is 0.0714. The Morgan fingerprint density at radius 1 is 1.11 bits per heavy atom. The predicted molar refractivity (Wildman–Crippen MR) is 67.1 cm³/mol. The van der Waals surface area contributed by atoms with Gasteiger partial charge in [0.15, 0.2) is 0 Å². The molecular weight excluding hydrogens is 232 g/mol. The van der Waals surface area contributed by atoms with Crippen molar-refractivity contribution in [3.8, 4) is 22.6 Å². The van der Waals surface area contributed by atoms with Gasteiger partial charge in [0.2, 0.25) is 0 Å². The van der Waals surface area contributed by atoms with Crippen LogP contribution in [0.4, 0.5) is 0 Å². The predicted octanol–water partition coefficient (Wildman–Crippen LogP) is 2.77. The zero-order valence-corrected chi connectivity index (χ0v) is 9.75. The zero-order valence-electron chi connectivity index (χ0n) is 9.75. The highest BCUT2D eigenvalue weighted by atomic mass is 16.5. The molecule has 2 aromatic carbocycles.